The molecule has 0 unspecified atom stereocenters. The van der Waals surface area contributed by atoms with Gasteiger partial charge >= 0.3 is 0 Å². The van der Waals surface area contributed by atoms with Crippen LogP contribution in [0.3, 0.4) is 0 Å². The van der Waals surface area contributed by atoms with Crippen LogP contribution in [0.5, 0.6) is 0 Å². The summed E-state index contributed by atoms with van der Waals surface area (Å²) in [5, 5.41) is 7.43. The fraction of sp³-hybridized carbons (Fsp3) is 0.643. The van der Waals surface area contributed by atoms with Crippen LogP contribution in [0.4, 0.5) is 0 Å². The van der Waals surface area contributed by atoms with Crippen LogP contribution < -0.4 is 10.6 Å². The summed E-state index contributed by atoms with van der Waals surface area (Å²) in [4.78, 5) is 22.9. The standard InChI is InChI=1S/C14H25N5O2S.HI/c1-11-9-17-12(22-11)5-6-15-14(16-7-8-21-4)18-10-13(20)19(2)3;/h9H,5-8,10H2,1-4H3,(H2,15,16,18);1H. The lowest BCUT2D eigenvalue weighted by Crippen LogP contribution is -2.40. The van der Waals surface area contributed by atoms with E-state index in [4.69, 9.17) is 4.74 Å². The number of aryl methyl sites for hydroxylation is 1. The van der Waals surface area contributed by atoms with E-state index in [2.05, 4.69) is 20.6 Å². The molecule has 1 aromatic heterocycles. The van der Waals surface area contributed by atoms with Crippen LogP contribution >= 0.6 is 35.3 Å². The molecule has 0 saturated heterocycles. The minimum Gasteiger partial charge on any atom is -0.383 e. The summed E-state index contributed by atoms with van der Waals surface area (Å²) in [7, 11) is 5.08. The third-order valence-corrected chi connectivity index (χ3v) is 3.74. The van der Waals surface area contributed by atoms with E-state index in [1.807, 2.05) is 13.1 Å². The highest BCUT2D eigenvalue weighted by molar-refractivity contribution is 14.0. The third kappa shape index (κ3) is 9.72. The fourth-order valence-corrected chi connectivity index (χ4v) is 2.33. The first-order valence-corrected chi connectivity index (χ1v) is 7.97. The Kier molecular flexibility index (Phi) is 12.0. The first-order valence-electron chi connectivity index (χ1n) is 7.15. The third-order valence-electron chi connectivity index (χ3n) is 2.77. The van der Waals surface area contributed by atoms with Crippen LogP contribution in [0.2, 0.25) is 0 Å². The predicted octanol–water partition coefficient (Wildman–Crippen LogP) is 0.882. The Bertz CT molecular complexity index is 493. The Morgan fingerprint density at radius 1 is 1.39 bits per heavy atom. The zero-order chi connectivity index (χ0) is 16.4. The van der Waals surface area contributed by atoms with Crippen LogP contribution in [0.15, 0.2) is 11.2 Å². The van der Waals surface area contributed by atoms with Crippen molar-refractivity contribution in [3.05, 3.63) is 16.1 Å². The van der Waals surface area contributed by atoms with Crippen LogP contribution in [0, 0.1) is 6.92 Å². The Morgan fingerprint density at radius 2 is 2.09 bits per heavy atom. The van der Waals surface area contributed by atoms with E-state index >= 15 is 0 Å². The second-order valence-electron chi connectivity index (χ2n) is 4.91. The number of nitrogens with zero attached hydrogens (tertiary/aromatic N) is 3. The smallest absolute Gasteiger partial charge is 0.243 e. The van der Waals surface area contributed by atoms with Gasteiger partial charge in [-0.15, -0.1) is 35.3 Å². The number of guanidine groups is 1. The number of likely N-dealkylation sites (N-methyl/N-ethyl adjacent to an activating group) is 1. The van der Waals surface area contributed by atoms with Gasteiger partial charge in [-0.25, -0.2) is 9.98 Å². The van der Waals surface area contributed by atoms with Crippen LogP contribution in [-0.4, -0.2) is 69.2 Å². The summed E-state index contributed by atoms with van der Waals surface area (Å²) in [5.41, 5.74) is 0. The molecule has 0 atom stereocenters. The summed E-state index contributed by atoms with van der Waals surface area (Å²) >= 11 is 1.69. The minimum absolute atomic E-state index is 0. The van der Waals surface area contributed by atoms with Gasteiger partial charge in [0.25, 0.3) is 0 Å². The molecule has 7 nitrogen and oxygen atoms in total. The Hall–Kier alpha value is -0.940. The number of aliphatic imine (C=N–C) groups is 1. The summed E-state index contributed by atoms with van der Waals surface area (Å²) in [6, 6.07) is 0. The average molecular weight is 455 g/mol. The van der Waals surface area contributed by atoms with Gasteiger partial charge in [0.05, 0.1) is 11.6 Å². The first-order chi connectivity index (χ1) is 10.5. The van der Waals surface area contributed by atoms with E-state index < -0.39 is 0 Å². The van der Waals surface area contributed by atoms with Gasteiger partial charge < -0.3 is 20.3 Å². The molecule has 0 saturated carbocycles. The molecule has 1 amide bonds. The Labute approximate surface area is 158 Å². The van der Waals surface area contributed by atoms with Crippen molar-refractivity contribution < 1.29 is 9.53 Å². The number of halogens is 1. The highest BCUT2D eigenvalue weighted by Gasteiger charge is 2.05. The molecule has 1 rings (SSSR count). The first kappa shape index (κ1) is 22.1. The van der Waals surface area contributed by atoms with Crippen molar-refractivity contribution in [3.63, 3.8) is 0 Å². The predicted molar refractivity (Wildman–Crippen MR) is 105 cm³/mol. The number of amides is 1. The largest absolute Gasteiger partial charge is 0.383 e. The van der Waals surface area contributed by atoms with Crippen molar-refractivity contribution in [2.45, 2.75) is 13.3 Å². The molecule has 0 aliphatic carbocycles. The minimum atomic E-state index is -0.0385. The SMILES string of the molecule is COCCNC(=NCC(=O)N(C)C)NCCc1ncc(C)s1.I. The van der Waals surface area contributed by atoms with E-state index in [0.717, 1.165) is 11.4 Å². The average Bonchev–Trinajstić information content (AvgIpc) is 2.89. The van der Waals surface area contributed by atoms with E-state index in [-0.39, 0.29) is 36.4 Å². The topological polar surface area (TPSA) is 78.8 Å². The second-order valence-corrected chi connectivity index (χ2v) is 6.23. The van der Waals surface area contributed by atoms with Gasteiger partial charge in [-0.1, -0.05) is 0 Å². The molecule has 9 heteroatoms. The number of aromatic nitrogens is 1. The van der Waals surface area contributed by atoms with Gasteiger partial charge in [0.15, 0.2) is 5.96 Å². The molecule has 2 N–H and O–H groups in total. The van der Waals surface area contributed by atoms with Crippen LogP contribution in [-0.2, 0) is 16.0 Å². The summed E-state index contributed by atoms with van der Waals surface area (Å²) in [5.74, 6) is 0.573. The Morgan fingerprint density at radius 3 is 2.65 bits per heavy atom. The van der Waals surface area contributed by atoms with Crippen LogP contribution in [0.25, 0.3) is 0 Å². The molecule has 132 valence electrons. The van der Waals surface area contributed by atoms with Gasteiger partial charge in [-0.3, -0.25) is 4.79 Å². The van der Waals surface area contributed by atoms with Crippen molar-refractivity contribution in [2.24, 2.45) is 4.99 Å². The number of carbonyl (C=O) groups excluding carboxylic acids is 1. The number of rotatable bonds is 8. The number of carbonyl (C=O) groups is 1. The fourth-order valence-electron chi connectivity index (χ4n) is 1.54. The number of methoxy groups -OCH3 is 1. The number of hydrogen-bond acceptors (Lipinski definition) is 5. The van der Waals surface area contributed by atoms with E-state index in [1.54, 1.807) is 32.5 Å². The quantitative estimate of drug-likeness (QED) is 0.264. The molecule has 23 heavy (non-hydrogen) atoms. The van der Waals surface area contributed by atoms with E-state index in [1.165, 1.54) is 9.78 Å². The van der Waals surface area contributed by atoms with E-state index in [9.17, 15) is 4.79 Å². The highest BCUT2D eigenvalue weighted by Crippen LogP contribution is 2.10. The van der Waals surface area contributed by atoms with Crippen molar-refractivity contribution >= 4 is 47.2 Å². The van der Waals surface area contributed by atoms with Crippen molar-refractivity contribution in [1.29, 1.82) is 0 Å². The van der Waals surface area contributed by atoms with Crippen molar-refractivity contribution in [2.75, 3.05) is 47.4 Å². The maximum atomic E-state index is 11.6. The molecule has 0 aromatic carbocycles. The molecule has 0 spiro atoms. The van der Waals surface area contributed by atoms with Gasteiger partial charge in [0, 0.05) is 51.8 Å². The molecule has 0 fully saturated rings. The van der Waals surface area contributed by atoms with Crippen LogP contribution in [0.1, 0.15) is 9.88 Å². The summed E-state index contributed by atoms with van der Waals surface area (Å²) in [6.07, 6.45) is 2.70. The summed E-state index contributed by atoms with van der Waals surface area (Å²) in [6.45, 7) is 4.08. The molecular formula is C14H26IN5O2S. The lowest BCUT2D eigenvalue weighted by atomic mass is 10.4. The van der Waals surface area contributed by atoms with Crippen molar-refractivity contribution in [1.82, 2.24) is 20.5 Å². The number of nitrogens with one attached hydrogen (secondary N) is 2. The maximum Gasteiger partial charge on any atom is 0.243 e. The zero-order valence-corrected chi connectivity index (χ0v) is 17.2. The number of hydrogen-bond donors (Lipinski definition) is 2. The molecule has 1 heterocycles. The van der Waals surface area contributed by atoms with E-state index in [0.29, 0.717) is 25.7 Å². The molecular weight excluding hydrogens is 429 g/mol. The summed E-state index contributed by atoms with van der Waals surface area (Å²) < 4.78 is 5.00. The Balaban J connectivity index is 0.00000484. The normalized spacial score (nSPS) is 10.9. The molecule has 0 aliphatic rings. The maximum absolute atomic E-state index is 11.6. The molecule has 0 aliphatic heterocycles. The molecule has 1 aromatic rings. The van der Waals surface area contributed by atoms with Gasteiger partial charge in [0.1, 0.15) is 6.54 Å². The second kappa shape index (κ2) is 12.5. The molecule has 0 bridgehead atoms. The van der Waals surface area contributed by atoms with Gasteiger partial charge in [-0.05, 0) is 6.92 Å². The highest BCUT2D eigenvalue weighted by atomic mass is 127. The monoisotopic (exact) mass is 455 g/mol. The number of ether oxygens (including phenoxy) is 1. The lowest BCUT2D eigenvalue weighted by Gasteiger charge is -2.13. The molecule has 0 radical (unpaired) electrons. The zero-order valence-electron chi connectivity index (χ0n) is 14.1. The van der Waals surface area contributed by atoms with Gasteiger partial charge in [0.2, 0.25) is 5.91 Å². The van der Waals surface area contributed by atoms with Gasteiger partial charge in [-0.2, -0.15) is 0 Å². The number of thiazole rings is 1. The van der Waals surface area contributed by atoms with Crippen molar-refractivity contribution in [3.8, 4) is 0 Å². The lowest BCUT2D eigenvalue weighted by molar-refractivity contribution is -0.127.